The molecule has 0 radical (unpaired) electrons. The zero-order valence-corrected chi connectivity index (χ0v) is 21.9. The van der Waals surface area contributed by atoms with Crippen LogP contribution in [0.4, 0.5) is 11.5 Å². The number of ether oxygens (including phenoxy) is 2. The largest absolute Gasteiger partial charge is 0.493 e. The molecule has 2 aromatic heterocycles. The van der Waals surface area contributed by atoms with Gasteiger partial charge in [0.15, 0.2) is 11.5 Å². The van der Waals surface area contributed by atoms with Gasteiger partial charge in [0.2, 0.25) is 5.91 Å². The van der Waals surface area contributed by atoms with Crippen molar-refractivity contribution in [3.8, 4) is 11.5 Å². The van der Waals surface area contributed by atoms with Crippen molar-refractivity contribution in [3.63, 3.8) is 0 Å². The van der Waals surface area contributed by atoms with Crippen molar-refractivity contribution in [2.24, 2.45) is 0 Å². The maximum Gasteiger partial charge on any atom is 0.331 e. The topological polar surface area (TPSA) is 121 Å². The van der Waals surface area contributed by atoms with E-state index in [-0.39, 0.29) is 23.2 Å². The van der Waals surface area contributed by atoms with Gasteiger partial charge in [-0.15, -0.1) is 0 Å². The highest BCUT2D eigenvalue weighted by atomic mass is 16.5. The molecule has 38 heavy (non-hydrogen) atoms. The first-order valence-corrected chi connectivity index (χ1v) is 12.5. The molecule has 4 aromatic rings. The van der Waals surface area contributed by atoms with E-state index in [1.165, 1.54) is 17.8 Å². The lowest BCUT2D eigenvalue weighted by molar-refractivity contribution is -0.114. The molecule has 1 aliphatic heterocycles. The Morgan fingerprint density at radius 3 is 2.39 bits per heavy atom. The lowest BCUT2D eigenvalue weighted by Gasteiger charge is -2.34. The van der Waals surface area contributed by atoms with E-state index in [4.69, 9.17) is 9.47 Å². The number of nitrogens with one attached hydrogen (secondary N) is 1. The summed E-state index contributed by atoms with van der Waals surface area (Å²) in [4.78, 5) is 49.7. The van der Waals surface area contributed by atoms with Crippen molar-refractivity contribution in [2.75, 3.05) is 37.5 Å². The summed E-state index contributed by atoms with van der Waals surface area (Å²) < 4.78 is 13.9. The van der Waals surface area contributed by atoms with Crippen molar-refractivity contribution in [2.45, 2.75) is 39.3 Å². The molecule has 0 aliphatic carbocycles. The summed E-state index contributed by atoms with van der Waals surface area (Å²) in [5.74, 6) is 1.72. The van der Waals surface area contributed by atoms with Gasteiger partial charge in [-0.25, -0.2) is 14.8 Å². The minimum absolute atomic E-state index is 0.228. The molecule has 1 saturated heterocycles. The molecular weight excluding hydrogens is 488 g/mol. The fourth-order valence-electron chi connectivity index (χ4n) is 5.26. The zero-order chi connectivity index (χ0) is 27.0. The minimum Gasteiger partial charge on any atom is -0.493 e. The van der Waals surface area contributed by atoms with Gasteiger partial charge in [0.1, 0.15) is 12.1 Å². The summed E-state index contributed by atoms with van der Waals surface area (Å²) in [5.41, 5.74) is 1.15. The SMILES string of the molecule is CCn1c(=O)n(C2CCN(c3ncnc4cc(OC)c(OC)cc34)CC2)c(=O)c2cc(NC(C)=O)ccc21. The Balaban J connectivity index is 1.49. The Morgan fingerprint density at radius 2 is 1.74 bits per heavy atom. The van der Waals surface area contributed by atoms with Gasteiger partial charge in [-0.05, 0) is 44.0 Å². The molecule has 1 aliphatic rings. The molecule has 0 bridgehead atoms. The Morgan fingerprint density at radius 1 is 1.03 bits per heavy atom. The van der Waals surface area contributed by atoms with Crippen LogP contribution >= 0.6 is 0 Å². The summed E-state index contributed by atoms with van der Waals surface area (Å²) in [6, 6.07) is 8.49. The van der Waals surface area contributed by atoms with Crippen molar-refractivity contribution < 1.29 is 14.3 Å². The smallest absolute Gasteiger partial charge is 0.331 e. The van der Waals surface area contributed by atoms with Crippen molar-refractivity contribution in [1.29, 1.82) is 0 Å². The number of aromatic nitrogens is 4. The lowest BCUT2D eigenvalue weighted by atomic mass is 10.0. The van der Waals surface area contributed by atoms with Crippen LogP contribution in [0.15, 0.2) is 46.2 Å². The maximum absolute atomic E-state index is 13.6. The summed E-state index contributed by atoms with van der Waals surface area (Å²) in [6.07, 6.45) is 2.71. The first kappa shape index (κ1) is 25.2. The number of anilines is 2. The number of rotatable bonds is 6. The number of piperidine rings is 1. The average molecular weight is 519 g/mol. The minimum atomic E-state index is -0.343. The van der Waals surface area contributed by atoms with Gasteiger partial charge in [0, 0.05) is 49.7 Å². The van der Waals surface area contributed by atoms with Gasteiger partial charge in [0.25, 0.3) is 5.56 Å². The van der Waals surface area contributed by atoms with Gasteiger partial charge in [-0.2, -0.15) is 0 Å². The summed E-state index contributed by atoms with van der Waals surface area (Å²) in [7, 11) is 3.17. The van der Waals surface area contributed by atoms with Gasteiger partial charge < -0.3 is 19.7 Å². The molecule has 198 valence electrons. The molecular formula is C27H30N6O5. The quantitative estimate of drug-likeness (QED) is 0.414. The Labute approximate surface area is 218 Å². The summed E-state index contributed by atoms with van der Waals surface area (Å²) in [5, 5.41) is 3.96. The van der Waals surface area contributed by atoms with Crippen LogP contribution in [0.1, 0.15) is 32.7 Å². The van der Waals surface area contributed by atoms with Gasteiger partial charge in [-0.3, -0.25) is 18.7 Å². The standard InChI is InChI=1S/C27H30N6O5/c1-5-32-22-7-6-17(30-16(2)34)12-20(22)26(35)33(27(32)36)18-8-10-31(11-9-18)25-19-13-23(37-3)24(38-4)14-21(19)28-15-29-25/h6-7,12-15,18H,5,8-11H2,1-4H3,(H,30,34). The van der Waals surface area contributed by atoms with Crippen LogP contribution in [0.5, 0.6) is 11.5 Å². The Kier molecular flexibility index (Phi) is 6.75. The third-order valence-corrected chi connectivity index (χ3v) is 7.06. The maximum atomic E-state index is 13.6. The number of nitrogens with zero attached hydrogens (tertiary/aromatic N) is 5. The van der Waals surface area contributed by atoms with Crippen LogP contribution in [0.3, 0.4) is 0 Å². The highest BCUT2D eigenvalue weighted by molar-refractivity contribution is 5.93. The average Bonchev–Trinajstić information content (AvgIpc) is 2.92. The van der Waals surface area contributed by atoms with Gasteiger partial charge in [0.05, 0.1) is 30.6 Å². The van der Waals surface area contributed by atoms with Crippen molar-refractivity contribution in [3.05, 3.63) is 57.5 Å². The van der Waals surface area contributed by atoms with Gasteiger partial charge >= 0.3 is 5.69 Å². The molecule has 1 amide bonds. The predicted octanol–water partition coefficient (Wildman–Crippen LogP) is 2.94. The van der Waals surface area contributed by atoms with Crippen LogP contribution in [-0.2, 0) is 11.3 Å². The fraction of sp³-hybridized carbons (Fsp3) is 0.370. The second-order valence-electron chi connectivity index (χ2n) is 9.25. The molecule has 11 heteroatoms. The molecule has 3 heterocycles. The number of amides is 1. The highest BCUT2D eigenvalue weighted by Crippen LogP contribution is 2.36. The second-order valence-corrected chi connectivity index (χ2v) is 9.25. The van der Waals surface area contributed by atoms with Crippen LogP contribution in [-0.4, -0.2) is 52.3 Å². The van der Waals surface area contributed by atoms with Crippen LogP contribution in [0.25, 0.3) is 21.8 Å². The molecule has 1 N–H and O–H groups in total. The first-order chi connectivity index (χ1) is 18.4. The molecule has 0 spiro atoms. The molecule has 2 aromatic carbocycles. The normalized spacial score (nSPS) is 14.2. The third kappa shape index (κ3) is 4.33. The number of carbonyl (C=O) groups excluding carboxylic acids is 1. The van der Waals surface area contributed by atoms with Crippen molar-refractivity contribution in [1.82, 2.24) is 19.1 Å². The van der Waals surface area contributed by atoms with E-state index in [1.54, 1.807) is 37.0 Å². The van der Waals surface area contributed by atoms with E-state index in [2.05, 4.69) is 20.2 Å². The van der Waals surface area contributed by atoms with E-state index in [9.17, 15) is 14.4 Å². The van der Waals surface area contributed by atoms with Crippen molar-refractivity contribution >= 4 is 39.2 Å². The molecule has 11 nitrogen and oxygen atoms in total. The van der Waals surface area contributed by atoms with Crippen LogP contribution in [0.2, 0.25) is 0 Å². The fourth-order valence-corrected chi connectivity index (χ4v) is 5.26. The number of hydrogen-bond acceptors (Lipinski definition) is 8. The molecule has 0 atom stereocenters. The molecule has 1 fully saturated rings. The predicted molar refractivity (Wildman–Crippen MR) is 146 cm³/mol. The molecule has 5 rings (SSSR count). The lowest BCUT2D eigenvalue weighted by Crippen LogP contribution is -2.46. The number of methoxy groups -OCH3 is 2. The number of carbonyl (C=O) groups is 1. The number of aryl methyl sites for hydroxylation is 1. The van der Waals surface area contributed by atoms with Gasteiger partial charge in [-0.1, -0.05) is 0 Å². The molecule has 0 saturated carbocycles. The van der Waals surface area contributed by atoms with E-state index >= 15 is 0 Å². The Hall–Kier alpha value is -4.41. The third-order valence-electron chi connectivity index (χ3n) is 7.06. The molecule has 0 unspecified atom stereocenters. The summed E-state index contributed by atoms with van der Waals surface area (Å²) >= 11 is 0. The second kappa shape index (κ2) is 10.2. The number of hydrogen-bond donors (Lipinski definition) is 1. The monoisotopic (exact) mass is 518 g/mol. The van der Waals surface area contributed by atoms with Crippen LogP contribution in [0, 0.1) is 0 Å². The van der Waals surface area contributed by atoms with E-state index in [0.717, 1.165) is 16.7 Å². The van der Waals surface area contributed by atoms with E-state index in [1.807, 2.05) is 19.1 Å². The number of benzene rings is 2. The first-order valence-electron chi connectivity index (χ1n) is 12.5. The summed E-state index contributed by atoms with van der Waals surface area (Å²) in [6.45, 7) is 4.92. The highest BCUT2D eigenvalue weighted by Gasteiger charge is 2.27. The van der Waals surface area contributed by atoms with Crippen LogP contribution < -0.4 is 30.9 Å². The zero-order valence-electron chi connectivity index (χ0n) is 21.9. The van der Waals surface area contributed by atoms with E-state index in [0.29, 0.717) is 60.6 Å². The van der Waals surface area contributed by atoms with E-state index < -0.39 is 0 Å². The Bertz CT molecular complexity index is 1650. The number of fused-ring (bicyclic) bond motifs is 2.